The molecule has 0 unspecified atom stereocenters. The van der Waals surface area contributed by atoms with Crippen LogP contribution in [0, 0.1) is 12.7 Å². The van der Waals surface area contributed by atoms with Crippen LogP contribution in [-0.4, -0.2) is 21.9 Å². The molecule has 0 radical (unpaired) electrons. The van der Waals surface area contributed by atoms with Gasteiger partial charge in [-0.15, -0.1) is 0 Å². The van der Waals surface area contributed by atoms with E-state index in [1.807, 2.05) is 0 Å². The molecule has 6 heteroatoms. The predicted octanol–water partition coefficient (Wildman–Crippen LogP) is 1.18. The molecule has 5 nitrogen and oxygen atoms in total. The summed E-state index contributed by atoms with van der Waals surface area (Å²) in [5.74, 6) is 0.195. The summed E-state index contributed by atoms with van der Waals surface area (Å²) in [6, 6.07) is 3.82. The van der Waals surface area contributed by atoms with Crippen LogP contribution in [0.15, 0.2) is 22.7 Å². The average molecular weight is 237 g/mol. The molecule has 3 N–H and O–H groups in total. The minimum absolute atomic E-state index is 0.157. The minimum Gasteiger partial charge on any atom is -0.394 e. The molecule has 90 valence electrons. The number of nitrogens with two attached hydrogens (primary N) is 1. The quantitative estimate of drug-likeness (QED) is 0.837. The Morgan fingerprint density at radius 1 is 1.53 bits per heavy atom. The normalized spacial score (nSPS) is 12.7. The summed E-state index contributed by atoms with van der Waals surface area (Å²) >= 11 is 0. The minimum atomic E-state index is -0.696. The number of aliphatic hydroxyl groups excluding tert-OH is 1. The van der Waals surface area contributed by atoms with Crippen LogP contribution in [-0.2, 0) is 0 Å². The van der Waals surface area contributed by atoms with Crippen LogP contribution >= 0.6 is 0 Å². The fraction of sp³-hybridized carbons (Fsp3) is 0.273. The lowest BCUT2D eigenvalue weighted by Gasteiger charge is -1.99. The van der Waals surface area contributed by atoms with Gasteiger partial charge in [0.05, 0.1) is 6.61 Å². The second-order valence-electron chi connectivity index (χ2n) is 3.71. The Balaban J connectivity index is 2.33. The van der Waals surface area contributed by atoms with E-state index >= 15 is 0 Å². The van der Waals surface area contributed by atoms with Gasteiger partial charge in [0.1, 0.15) is 11.9 Å². The molecule has 0 aliphatic rings. The van der Waals surface area contributed by atoms with Crippen molar-refractivity contribution in [3.8, 4) is 11.4 Å². The van der Waals surface area contributed by atoms with E-state index in [9.17, 15) is 4.39 Å². The van der Waals surface area contributed by atoms with Crippen molar-refractivity contribution in [1.29, 1.82) is 0 Å². The highest BCUT2D eigenvalue weighted by Crippen LogP contribution is 2.20. The summed E-state index contributed by atoms with van der Waals surface area (Å²) in [6.07, 6.45) is 0. The van der Waals surface area contributed by atoms with Gasteiger partial charge in [0.2, 0.25) is 11.7 Å². The number of nitrogens with zero attached hydrogens (tertiary/aromatic N) is 2. The predicted molar refractivity (Wildman–Crippen MR) is 58.4 cm³/mol. The molecule has 1 atom stereocenters. The summed E-state index contributed by atoms with van der Waals surface area (Å²) in [4.78, 5) is 4.04. The summed E-state index contributed by atoms with van der Waals surface area (Å²) in [5.41, 5.74) is 6.68. The lowest BCUT2D eigenvalue weighted by molar-refractivity contribution is 0.237. The molecule has 0 aliphatic carbocycles. The first-order valence-electron chi connectivity index (χ1n) is 5.08. The molecule has 0 amide bonds. The molecular weight excluding hydrogens is 225 g/mol. The lowest BCUT2D eigenvalue weighted by atomic mass is 10.1. The maximum absolute atomic E-state index is 13.1. The van der Waals surface area contributed by atoms with Gasteiger partial charge in [-0.1, -0.05) is 5.16 Å². The van der Waals surface area contributed by atoms with E-state index in [2.05, 4.69) is 10.1 Å². The van der Waals surface area contributed by atoms with Gasteiger partial charge in [-0.05, 0) is 30.7 Å². The zero-order chi connectivity index (χ0) is 12.4. The van der Waals surface area contributed by atoms with Gasteiger partial charge in [0.15, 0.2) is 0 Å². The topological polar surface area (TPSA) is 85.2 Å². The number of aliphatic hydroxyl groups is 1. The molecule has 0 saturated carbocycles. The van der Waals surface area contributed by atoms with E-state index in [1.54, 1.807) is 19.1 Å². The third-order valence-electron chi connectivity index (χ3n) is 2.37. The van der Waals surface area contributed by atoms with Crippen LogP contribution in [0.1, 0.15) is 17.5 Å². The van der Waals surface area contributed by atoms with Crippen LogP contribution in [0.4, 0.5) is 4.39 Å². The molecule has 0 bridgehead atoms. The Morgan fingerprint density at radius 2 is 2.29 bits per heavy atom. The third kappa shape index (κ3) is 2.32. The third-order valence-corrected chi connectivity index (χ3v) is 2.37. The van der Waals surface area contributed by atoms with Gasteiger partial charge in [0, 0.05) is 5.56 Å². The maximum Gasteiger partial charge on any atom is 0.246 e. The van der Waals surface area contributed by atoms with E-state index in [4.69, 9.17) is 15.4 Å². The Morgan fingerprint density at radius 3 is 2.94 bits per heavy atom. The number of benzene rings is 1. The Bertz CT molecular complexity index is 527. The highest BCUT2D eigenvalue weighted by molar-refractivity contribution is 5.55. The fourth-order valence-corrected chi connectivity index (χ4v) is 1.36. The molecule has 1 aromatic heterocycles. The van der Waals surface area contributed by atoms with E-state index in [0.29, 0.717) is 17.0 Å². The van der Waals surface area contributed by atoms with Crippen molar-refractivity contribution >= 4 is 0 Å². The maximum atomic E-state index is 13.1. The largest absolute Gasteiger partial charge is 0.394 e. The first-order chi connectivity index (χ1) is 8.11. The Labute approximate surface area is 97.1 Å². The zero-order valence-electron chi connectivity index (χ0n) is 9.22. The van der Waals surface area contributed by atoms with E-state index < -0.39 is 6.04 Å². The van der Waals surface area contributed by atoms with Crippen LogP contribution in [0.3, 0.4) is 0 Å². The average Bonchev–Trinajstić information content (AvgIpc) is 2.81. The van der Waals surface area contributed by atoms with Gasteiger partial charge >= 0.3 is 0 Å². The van der Waals surface area contributed by atoms with Crippen molar-refractivity contribution in [1.82, 2.24) is 10.1 Å². The van der Waals surface area contributed by atoms with E-state index in [0.717, 1.165) is 0 Å². The van der Waals surface area contributed by atoms with Crippen molar-refractivity contribution < 1.29 is 14.0 Å². The smallest absolute Gasteiger partial charge is 0.246 e. The highest BCUT2D eigenvalue weighted by Gasteiger charge is 2.15. The first kappa shape index (κ1) is 11.7. The van der Waals surface area contributed by atoms with Crippen molar-refractivity contribution in [3.63, 3.8) is 0 Å². The summed E-state index contributed by atoms with van der Waals surface area (Å²) in [5, 5.41) is 12.6. The number of rotatable bonds is 3. The molecular formula is C11H12FN3O2. The standard InChI is InChI=1S/C11H12FN3O2/c1-6-4-7(2-3-8(6)12)10-14-11(17-15-10)9(13)5-16/h2-4,9,16H,5,13H2,1H3/t9-/m0/s1. The summed E-state index contributed by atoms with van der Waals surface area (Å²) in [6.45, 7) is 1.38. The fourth-order valence-electron chi connectivity index (χ4n) is 1.36. The van der Waals surface area contributed by atoms with Crippen molar-refractivity contribution in [3.05, 3.63) is 35.5 Å². The molecule has 2 rings (SSSR count). The number of aryl methyl sites for hydroxylation is 1. The number of hydrogen-bond donors (Lipinski definition) is 2. The van der Waals surface area contributed by atoms with Crippen LogP contribution in [0.25, 0.3) is 11.4 Å². The second kappa shape index (κ2) is 4.60. The van der Waals surface area contributed by atoms with Crippen molar-refractivity contribution in [2.24, 2.45) is 5.73 Å². The number of halogens is 1. The van der Waals surface area contributed by atoms with E-state index in [-0.39, 0.29) is 18.3 Å². The molecule has 2 aromatic rings. The van der Waals surface area contributed by atoms with Crippen molar-refractivity contribution in [2.45, 2.75) is 13.0 Å². The second-order valence-corrected chi connectivity index (χ2v) is 3.71. The Kier molecular flexibility index (Phi) is 3.16. The van der Waals surface area contributed by atoms with Gasteiger partial charge in [-0.2, -0.15) is 4.98 Å². The van der Waals surface area contributed by atoms with Crippen LogP contribution in [0.2, 0.25) is 0 Å². The highest BCUT2D eigenvalue weighted by atomic mass is 19.1. The molecule has 17 heavy (non-hydrogen) atoms. The van der Waals surface area contributed by atoms with Crippen LogP contribution < -0.4 is 5.73 Å². The Hall–Kier alpha value is -1.79. The molecule has 0 fully saturated rings. The molecule has 0 aliphatic heterocycles. The van der Waals surface area contributed by atoms with Crippen LogP contribution in [0.5, 0.6) is 0 Å². The zero-order valence-corrected chi connectivity index (χ0v) is 9.22. The molecule has 1 aromatic carbocycles. The lowest BCUT2D eigenvalue weighted by Crippen LogP contribution is -2.14. The number of hydrogen-bond acceptors (Lipinski definition) is 5. The summed E-state index contributed by atoms with van der Waals surface area (Å²) < 4.78 is 18.0. The monoisotopic (exact) mass is 237 g/mol. The SMILES string of the molecule is Cc1cc(-c2noc([C@@H](N)CO)n2)ccc1F. The van der Waals surface area contributed by atoms with Gasteiger partial charge in [-0.25, -0.2) is 4.39 Å². The van der Waals surface area contributed by atoms with Crippen molar-refractivity contribution in [2.75, 3.05) is 6.61 Å². The van der Waals surface area contributed by atoms with Gasteiger partial charge in [0.25, 0.3) is 0 Å². The summed E-state index contributed by atoms with van der Waals surface area (Å²) in [7, 11) is 0. The first-order valence-corrected chi connectivity index (χ1v) is 5.08. The van der Waals surface area contributed by atoms with E-state index in [1.165, 1.54) is 6.07 Å². The molecule has 0 saturated heterocycles. The molecule has 1 heterocycles. The van der Waals surface area contributed by atoms with Gasteiger partial charge < -0.3 is 15.4 Å². The number of aromatic nitrogens is 2. The molecule has 0 spiro atoms. The van der Waals surface area contributed by atoms with Gasteiger partial charge in [-0.3, -0.25) is 0 Å².